The predicted molar refractivity (Wildman–Crippen MR) is 111 cm³/mol. The number of aliphatic carboxylic acids is 1. The maximum Gasteiger partial charge on any atom is 0.328 e. The van der Waals surface area contributed by atoms with Crippen molar-refractivity contribution in [3.63, 3.8) is 0 Å². The van der Waals surface area contributed by atoms with E-state index >= 15 is 0 Å². The Balaban J connectivity index is 1.75. The van der Waals surface area contributed by atoms with Gasteiger partial charge in [0.1, 0.15) is 5.82 Å². The molecule has 0 saturated heterocycles. The highest BCUT2D eigenvalue weighted by Gasteiger charge is 2.25. The first-order valence-corrected chi connectivity index (χ1v) is 9.26. The molecule has 156 valence electrons. The van der Waals surface area contributed by atoms with Crippen molar-refractivity contribution in [1.29, 1.82) is 0 Å². The quantitative estimate of drug-likeness (QED) is 0.516. The number of amides is 1. The number of hydrogen-bond acceptors (Lipinski definition) is 6. The van der Waals surface area contributed by atoms with E-state index in [1.807, 2.05) is 30.3 Å². The first-order chi connectivity index (χ1) is 14.4. The molecular weight excluding hydrogens is 386 g/mol. The van der Waals surface area contributed by atoms with Crippen molar-refractivity contribution in [1.82, 2.24) is 20.1 Å². The van der Waals surface area contributed by atoms with Crippen molar-refractivity contribution >= 4 is 17.7 Å². The largest absolute Gasteiger partial charge is 0.480 e. The normalized spacial score (nSPS) is 11.8. The maximum atomic E-state index is 12.9. The number of aromatic nitrogens is 3. The molecule has 30 heavy (non-hydrogen) atoms. The minimum absolute atomic E-state index is 0.0204. The average molecular weight is 409 g/mol. The van der Waals surface area contributed by atoms with Crippen molar-refractivity contribution in [3.8, 4) is 11.1 Å². The molecule has 0 spiro atoms. The molecule has 0 fully saturated rings. The number of carboxylic acid groups (broad SMARTS) is 1. The van der Waals surface area contributed by atoms with Gasteiger partial charge in [-0.3, -0.25) is 9.48 Å². The Labute approximate surface area is 173 Å². The van der Waals surface area contributed by atoms with Gasteiger partial charge < -0.3 is 20.9 Å². The van der Waals surface area contributed by atoms with Gasteiger partial charge in [-0.2, -0.15) is 5.10 Å². The molecule has 0 bridgehead atoms. The van der Waals surface area contributed by atoms with Crippen LogP contribution in [0.15, 0.2) is 48.9 Å². The van der Waals surface area contributed by atoms with Crippen LogP contribution in [-0.2, 0) is 23.2 Å². The van der Waals surface area contributed by atoms with Crippen molar-refractivity contribution in [2.45, 2.75) is 19.6 Å². The Morgan fingerprint density at radius 1 is 1.27 bits per heavy atom. The van der Waals surface area contributed by atoms with E-state index in [1.54, 1.807) is 37.2 Å². The number of carboxylic acids is 1. The third-order valence-electron chi connectivity index (χ3n) is 4.61. The Morgan fingerprint density at radius 2 is 2.00 bits per heavy atom. The summed E-state index contributed by atoms with van der Waals surface area (Å²) in [6.07, 6.45) is 5.01. The molecule has 2 heterocycles. The molecule has 1 aromatic carbocycles. The van der Waals surface area contributed by atoms with Gasteiger partial charge in [0.2, 0.25) is 0 Å². The van der Waals surface area contributed by atoms with Gasteiger partial charge in [-0.1, -0.05) is 30.3 Å². The second-order valence-electron chi connectivity index (χ2n) is 6.82. The molecule has 4 N–H and O–H groups in total. The molecule has 0 unspecified atom stereocenters. The summed E-state index contributed by atoms with van der Waals surface area (Å²) in [6, 6.07) is 8.11. The van der Waals surface area contributed by atoms with Gasteiger partial charge in [0.05, 0.1) is 25.0 Å². The first kappa shape index (κ1) is 21.0. The van der Waals surface area contributed by atoms with Gasteiger partial charge in [0.15, 0.2) is 6.04 Å². The molecule has 3 aromatic rings. The van der Waals surface area contributed by atoms with Crippen LogP contribution in [0.3, 0.4) is 0 Å². The lowest BCUT2D eigenvalue weighted by Crippen LogP contribution is -2.44. The van der Waals surface area contributed by atoms with Crippen LogP contribution in [0.4, 0.5) is 5.82 Å². The molecule has 0 aliphatic rings. The highest BCUT2D eigenvalue weighted by molar-refractivity contribution is 6.02. The van der Waals surface area contributed by atoms with Gasteiger partial charge in [-0.25, -0.2) is 9.78 Å². The number of nitrogens with zero attached hydrogens (tertiary/aromatic N) is 3. The Bertz CT molecular complexity index is 1050. The Kier molecular flexibility index (Phi) is 6.43. The number of rotatable bonds is 8. The monoisotopic (exact) mass is 409 g/mol. The summed E-state index contributed by atoms with van der Waals surface area (Å²) in [5.41, 5.74) is 9.02. The van der Waals surface area contributed by atoms with E-state index in [0.29, 0.717) is 11.1 Å². The molecule has 2 aromatic heterocycles. The zero-order valence-electron chi connectivity index (χ0n) is 16.7. The summed E-state index contributed by atoms with van der Waals surface area (Å²) >= 11 is 0. The SMILES string of the molecule is Cc1c(-c2cnn(C)c2)cnc(N)c1C(=O)N[C@@H](COCc1ccccc1)C(=O)O. The van der Waals surface area contributed by atoms with E-state index in [2.05, 4.69) is 15.4 Å². The number of nitrogen functional groups attached to an aromatic ring is 1. The topological polar surface area (TPSA) is 132 Å². The van der Waals surface area contributed by atoms with Crippen LogP contribution in [0.2, 0.25) is 0 Å². The van der Waals surface area contributed by atoms with Gasteiger partial charge in [-0.05, 0) is 18.1 Å². The maximum absolute atomic E-state index is 12.9. The summed E-state index contributed by atoms with van der Waals surface area (Å²) in [6.45, 7) is 1.78. The van der Waals surface area contributed by atoms with Gasteiger partial charge in [0.25, 0.3) is 5.91 Å². The molecule has 3 rings (SSSR count). The number of anilines is 1. The van der Waals surface area contributed by atoms with Crippen LogP contribution < -0.4 is 11.1 Å². The first-order valence-electron chi connectivity index (χ1n) is 9.26. The summed E-state index contributed by atoms with van der Waals surface area (Å²) in [5.74, 6) is -1.81. The molecule has 1 amide bonds. The Morgan fingerprint density at radius 3 is 2.63 bits per heavy atom. The lowest BCUT2D eigenvalue weighted by molar-refractivity contribution is -0.141. The number of carbonyl (C=O) groups is 2. The van der Waals surface area contributed by atoms with Gasteiger partial charge in [0, 0.05) is 30.6 Å². The third kappa shape index (κ3) is 4.81. The fourth-order valence-electron chi connectivity index (χ4n) is 3.03. The van der Waals surface area contributed by atoms with Crippen LogP contribution >= 0.6 is 0 Å². The van der Waals surface area contributed by atoms with Crippen LogP contribution in [0, 0.1) is 6.92 Å². The number of aryl methyl sites for hydroxylation is 1. The van der Waals surface area contributed by atoms with E-state index in [4.69, 9.17) is 10.5 Å². The number of nitrogens with one attached hydrogen (secondary N) is 1. The van der Waals surface area contributed by atoms with Crippen LogP contribution in [0.25, 0.3) is 11.1 Å². The molecule has 0 aliphatic heterocycles. The molecule has 9 nitrogen and oxygen atoms in total. The lowest BCUT2D eigenvalue weighted by atomic mass is 10.00. The number of nitrogens with two attached hydrogens (primary N) is 1. The van der Waals surface area contributed by atoms with E-state index in [1.165, 1.54) is 0 Å². The predicted octanol–water partition coefficient (Wildman–Crippen LogP) is 1.77. The molecule has 0 saturated carbocycles. The molecule has 0 aliphatic carbocycles. The number of ether oxygens (including phenoxy) is 1. The molecule has 1 atom stereocenters. The number of benzene rings is 1. The third-order valence-corrected chi connectivity index (χ3v) is 4.61. The van der Waals surface area contributed by atoms with Crippen molar-refractivity contribution in [3.05, 3.63) is 65.6 Å². The zero-order chi connectivity index (χ0) is 21.7. The second kappa shape index (κ2) is 9.19. The number of pyridine rings is 1. The van der Waals surface area contributed by atoms with E-state index < -0.39 is 17.9 Å². The highest BCUT2D eigenvalue weighted by Crippen LogP contribution is 2.27. The van der Waals surface area contributed by atoms with Crippen LogP contribution in [0.5, 0.6) is 0 Å². The summed E-state index contributed by atoms with van der Waals surface area (Å²) < 4.78 is 7.12. The van der Waals surface area contributed by atoms with E-state index in [-0.39, 0.29) is 24.6 Å². The summed E-state index contributed by atoms with van der Waals surface area (Å²) in [4.78, 5) is 28.6. The minimum Gasteiger partial charge on any atom is -0.480 e. The van der Waals surface area contributed by atoms with E-state index in [0.717, 1.165) is 11.1 Å². The highest BCUT2D eigenvalue weighted by atomic mass is 16.5. The Hall–Kier alpha value is -3.72. The smallest absolute Gasteiger partial charge is 0.328 e. The molecule has 0 radical (unpaired) electrons. The molecular formula is C21H23N5O4. The standard InChI is InChI=1S/C21H23N5O4/c1-13-16(15-8-24-26(2)10-15)9-23-19(22)18(13)20(27)25-17(21(28)29)12-30-11-14-6-4-3-5-7-14/h3-10,17H,11-12H2,1-2H3,(H2,22,23)(H,25,27)(H,28,29)/t17-/m0/s1. The van der Waals surface area contributed by atoms with Crippen LogP contribution in [0.1, 0.15) is 21.5 Å². The van der Waals surface area contributed by atoms with Crippen molar-refractivity contribution in [2.24, 2.45) is 7.05 Å². The second-order valence-corrected chi connectivity index (χ2v) is 6.82. The van der Waals surface area contributed by atoms with Gasteiger partial charge >= 0.3 is 5.97 Å². The number of carbonyl (C=O) groups excluding carboxylic acids is 1. The lowest BCUT2D eigenvalue weighted by Gasteiger charge is -2.17. The fraction of sp³-hybridized carbons (Fsp3) is 0.238. The zero-order valence-corrected chi connectivity index (χ0v) is 16.7. The summed E-state index contributed by atoms with van der Waals surface area (Å²) in [5, 5.41) is 16.1. The minimum atomic E-state index is -1.23. The summed E-state index contributed by atoms with van der Waals surface area (Å²) in [7, 11) is 1.78. The van der Waals surface area contributed by atoms with Crippen LogP contribution in [-0.4, -0.2) is 44.4 Å². The fourth-order valence-corrected chi connectivity index (χ4v) is 3.03. The molecule has 9 heteroatoms. The average Bonchev–Trinajstić information content (AvgIpc) is 3.14. The van der Waals surface area contributed by atoms with Crippen molar-refractivity contribution < 1.29 is 19.4 Å². The van der Waals surface area contributed by atoms with Gasteiger partial charge in [-0.15, -0.1) is 0 Å². The number of hydrogen-bond donors (Lipinski definition) is 3. The van der Waals surface area contributed by atoms with E-state index in [9.17, 15) is 14.7 Å². The van der Waals surface area contributed by atoms with Crippen molar-refractivity contribution in [2.75, 3.05) is 12.3 Å².